The van der Waals surface area contributed by atoms with Gasteiger partial charge in [-0.15, -0.1) is 0 Å². The third kappa shape index (κ3) is 39.7. The van der Waals surface area contributed by atoms with Gasteiger partial charge in [-0.2, -0.15) is 0 Å². The minimum absolute atomic E-state index is 0.0101. The number of carbonyl (C=O) groups excluding carboxylic acids is 3. The summed E-state index contributed by atoms with van der Waals surface area (Å²) >= 11 is 0. The first-order chi connectivity index (χ1) is 36.6. The fraction of sp³-hybridized carbons (Fsp3) is 0.556. The first-order valence-electron chi connectivity index (χ1n) is 27.8. The van der Waals surface area contributed by atoms with Crippen LogP contribution in [-0.4, -0.2) is 89.2 Å². The highest BCUT2D eigenvalue weighted by Gasteiger charge is 2.50. The van der Waals surface area contributed by atoms with Gasteiger partial charge in [0.2, 0.25) is 0 Å². The van der Waals surface area contributed by atoms with Gasteiger partial charge in [0, 0.05) is 19.3 Å². The Morgan fingerprint density at radius 1 is 0.440 bits per heavy atom. The average Bonchev–Trinajstić information content (AvgIpc) is 3.39. The van der Waals surface area contributed by atoms with Gasteiger partial charge in [-0.05, 0) is 135 Å². The summed E-state index contributed by atoms with van der Waals surface area (Å²) in [5.41, 5.74) is 0. The molecule has 0 aliphatic carbocycles. The van der Waals surface area contributed by atoms with Crippen LogP contribution in [0.15, 0.2) is 146 Å². The number of carboxylic acids is 1. The molecule has 0 bridgehead atoms. The Kier molecular flexibility index (Phi) is 44.6. The maximum atomic E-state index is 13.1. The second-order valence-corrected chi connectivity index (χ2v) is 18.1. The number of carboxylic acid groups (broad SMARTS) is 1. The quantitative estimate of drug-likeness (QED) is 0.0228. The third-order valence-electron chi connectivity index (χ3n) is 11.4. The third-order valence-corrected chi connectivity index (χ3v) is 11.4. The number of allylic oxidation sites excluding steroid dienone is 24. The van der Waals surface area contributed by atoms with Crippen molar-refractivity contribution < 1.29 is 58.2 Å². The molecule has 6 unspecified atom stereocenters. The van der Waals surface area contributed by atoms with Crippen molar-refractivity contribution in [3.05, 3.63) is 146 Å². The smallest absolute Gasteiger partial charge is 0.335 e. The molecule has 0 saturated carbocycles. The topological polar surface area (TPSA) is 175 Å². The molecule has 0 amide bonds. The summed E-state index contributed by atoms with van der Waals surface area (Å²) in [4.78, 5) is 51.0. The largest absolute Gasteiger partial charge is 0.479 e. The van der Waals surface area contributed by atoms with E-state index in [9.17, 15) is 34.5 Å². The zero-order valence-electron chi connectivity index (χ0n) is 45.7. The van der Waals surface area contributed by atoms with Crippen LogP contribution in [0.4, 0.5) is 0 Å². The van der Waals surface area contributed by atoms with E-state index in [0.29, 0.717) is 25.7 Å². The van der Waals surface area contributed by atoms with Gasteiger partial charge in [-0.3, -0.25) is 14.4 Å². The number of esters is 3. The molecule has 1 aliphatic rings. The molecule has 0 spiro atoms. The minimum atomic E-state index is -1.94. The van der Waals surface area contributed by atoms with Gasteiger partial charge in [0.25, 0.3) is 0 Å². The lowest BCUT2D eigenvalue weighted by Crippen LogP contribution is -2.61. The molecule has 1 fully saturated rings. The zero-order chi connectivity index (χ0) is 54.7. The SMILES string of the molecule is CC/C=C\C/C=C\C/C=C\C/C=C\CCCCC(=O)OCC(COC1OC(C(=O)O)C(O)C(O)C1OC(=O)CCCC/C=C\C/C=C\C/C=C\C/C=C\CC)OC(=O)CCCC/C=C\C/C=C\C/C=C\C/C=C\CC. The van der Waals surface area contributed by atoms with Crippen molar-refractivity contribution in [1.29, 1.82) is 0 Å². The van der Waals surface area contributed by atoms with E-state index < -0.39 is 67.3 Å². The fourth-order valence-corrected chi connectivity index (χ4v) is 7.22. The summed E-state index contributed by atoms with van der Waals surface area (Å²) in [6, 6.07) is 0. The molecule has 12 heteroatoms. The van der Waals surface area contributed by atoms with Crippen LogP contribution in [0, 0.1) is 0 Å². The molecule has 418 valence electrons. The van der Waals surface area contributed by atoms with Crippen LogP contribution in [0.2, 0.25) is 0 Å². The number of unbranched alkanes of at least 4 members (excludes halogenated alkanes) is 6. The van der Waals surface area contributed by atoms with Crippen LogP contribution >= 0.6 is 0 Å². The Balaban J connectivity index is 2.81. The van der Waals surface area contributed by atoms with Crippen molar-refractivity contribution in [1.82, 2.24) is 0 Å². The summed E-state index contributed by atoms with van der Waals surface area (Å²) in [7, 11) is 0. The number of carbonyl (C=O) groups is 4. The predicted molar refractivity (Wildman–Crippen MR) is 302 cm³/mol. The lowest BCUT2D eigenvalue weighted by atomic mass is 9.98. The van der Waals surface area contributed by atoms with E-state index in [1.54, 1.807) is 0 Å². The first-order valence-corrected chi connectivity index (χ1v) is 27.8. The number of aliphatic hydroxyl groups excluding tert-OH is 2. The molecule has 1 saturated heterocycles. The van der Waals surface area contributed by atoms with E-state index >= 15 is 0 Å². The first kappa shape index (κ1) is 67.6. The fourth-order valence-electron chi connectivity index (χ4n) is 7.22. The molecule has 1 aliphatic heterocycles. The number of aliphatic hydroxyl groups is 2. The summed E-state index contributed by atoms with van der Waals surface area (Å²) in [5, 5.41) is 31.4. The van der Waals surface area contributed by atoms with E-state index in [-0.39, 0.29) is 25.9 Å². The Morgan fingerprint density at radius 2 is 0.787 bits per heavy atom. The van der Waals surface area contributed by atoms with Crippen molar-refractivity contribution in [2.45, 2.75) is 212 Å². The van der Waals surface area contributed by atoms with Crippen molar-refractivity contribution in [3.63, 3.8) is 0 Å². The van der Waals surface area contributed by atoms with Gasteiger partial charge in [-0.25, -0.2) is 4.79 Å². The highest BCUT2D eigenvalue weighted by molar-refractivity contribution is 5.74. The zero-order valence-corrected chi connectivity index (χ0v) is 45.7. The van der Waals surface area contributed by atoms with Crippen molar-refractivity contribution >= 4 is 23.9 Å². The van der Waals surface area contributed by atoms with Crippen molar-refractivity contribution in [3.8, 4) is 0 Å². The van der Waals surface area contributed by atoms with Gasteiger partial charge in [0.15, 0.2) is 24.6 Å². The molecule has 0 aromatic carbocycles. The molecule has 0 radical (unpaired) electrons. The number of hydrogen-bond donors (Lipinski definition) is 3. The summed E-state index contributed by atoms with van der Waals surface area (Å²) in [6.45, 7) is 5.52. The molecule has 0 aromatic heterocycles. The molecule has 1 heterocycles. The second-order valence-electron chi connectivity index (χ2n) is 18.1. The summed E-state index contributed by atoms with van der Waals surface area (Å²) in [5.74, 6) is -3.32. The minimum Gasteiger partial charge on any atom is -0.479 e. The predicted octanol–water partition coefficient (Wildman–Crippen LogP) is 14.0. The molecule has 75 heavy (non-hydrogen) atoms. The van der Waals surface area contributed by atoms with Gasteiger partial charge in [0.1, 0.15) is 18.8 Å². The standard InChI is InChI=1S/C63H94O12/c1-4-7-10-13-16-19-22-25-28-31-34-37-40-43-46-49-55(64)71-52-54(73-56(65)50-47-44-41-38-35-32-29-26-23-20-17-14-11-8-5-2)53-72-63-61(59(68)58(67)60(75-63)62(69)70)74-57(66)51-48-45-42-39-36-33-30-27-24-21-18-15-12-9-6-3/h7-12,16-21,25-30,34-39,54,58-61,63,67-68H,4-6,13-15,22-24,31-33,40-53H2,1-3H3,(H,69,70)/b10-7-,11-8-,12-9-,19-16-,20-17-,21-18-,28-25-,29-26-,30-27-,37-34-,38-35-,39-36-. The number of hydrogen-bond acceptors (Lipinski definition) is 11. The molecule has 0 aromatic rings. The van der Waals surface area contributed by atoms with E-state index in [2.05, 4.69) is 161 Å². The Hall–Kier alpha value is -5.40. The Morgan fingerprint density at radius 3 is 1.16 bits per heavy atom. The normalized spacial score (nSPS) is 19.3. The van der Waals surface area contributed by atoms with Crippen LogP contribution in [0.3, 0.4) is 0 Å². The van der Waals surface area contributed by atoms with Crippen LogP contribution in [-0.2, 0) is 42.9 Å². The van der Waals surface area contributed by atoms with Crippen LogP contribution < -0.4 is 0 Å². The lowest BCUT2D eigenvalue weighted by Gasteiger charge is -2.40. The number of ether oxygens (including phenoxy) is 5. The molecule has 1 rings (SSSR count). The van der Waals surface area contributed by atoms with Crippen LogP contribution in [0.5, 0.6) is 0 Å². The maximum Gasteiger partial charge on any atom is 0.335 e. The Labute approximate surface area is 451 Å². The molecular weight excluding hydrogens is 949 g/mol. The molecule has 12 nitrogen and oxygen atoms in total. The highest BCUT2D eigenvalue weighted by Crippen LogP contribution is 2.26. The summed E-state index contributed by atoms with van der Waals surface area (Å²) in [6.07, 6.45) is 58.3. The second kappa shape index (κ2) is 49.5. The Bertz CT molecular complexity index is 1860. The lowest BCUT2D eigenvalue weighted by molar-refractivity contribution is -0.301. The average molecular weight is 1040 g/mol. The molecular formula is C63H94O12. The van der Waals surface area contributed by atoms with Gasteiger partial charge < -0.3 is 39.0 Å². The van der Waals surface area contributed by atoms with Crippen molar-refractivity contribution in [2.24, 2.45) is 0 Å². The van der Waals surface area contributed by atoms with E-state index in [0.717, 1.165) is 109 Å². The molecule has 3 N–H and O–H groups in total. The van der Waals surface area contributed by atoms with Gasteiger partial charge in [0.05, 0.1) is 6.61 Å². The van der Waals surface area contributed by atoms with Gasteiger partial charge in [-0.1, -0.05) is 167 Å². The van der Waals surface area contributed by atoms with Gasteiger partial charge >= 0.3 is 23.9 Å². The number of aliphatic carboxylic acids is 1. The van der Waals surface area contributed by atoms with E-state index in [4.69, 9.17) is 23.7 Å². The van der Waals surface area contributed by atoms with E-state index in [1.807, 2.05) is 6.08 Å². The van der Waals surface area contributed by atoms with Crippen molar-refractivity contribution in [2.75, 3.05) is 13.2 Å². The number of rotatable bonds is 44. The van der Waals surface area contributed by atoms with Crippen LogP contribution in [0.25, 0.3) is 0 Å². The van der Waals surface area contributed by atoms with E-state index in [1.165, 1.54) is 0 Å². The summed E-state index contributed by atoms with van der Waals surface area (Å²) < 4.78 is 28.2. The maximum absolute atomic E-state index is 13.1. The molecule has 6 atom stereocenters. The van der Waals surface area contributed by atoms with Crippen LogP contribution in [0.1, 0.15) is 175 Å². The monoisotopic (exact) mass is 1040 g/mol. The highest BCUT2D eigenvalue weighted by atomic mass is 16.7.